The molecule has 2 aromatic rings. The van der Waals surface area contributed by atoms with Crippen molar-refractivity contribution in [1.82, 2.24) is 0 Å². The Kier molecular flexibility index (Phi) is 4.84. The lowest BCUT2D eigenvalue weighted by atomic mass is 10.0. The smallest absolute Gasteiger partial charge is 0.326 e. The van der Waals surface area contributed by atoms with E-state index in [0.29, 0.717) is 23.2 Å². The number of nitrogens with two attached hydrogens (primary N) is 1. The van der Waals surface area contributed by atoms with Crippen molar-refractivity contribution in [3.63, 3.8) is 0 Å². The van der Waals surface area contributed by atoms with Gasteiger partial charge >= 0.3 is 12.2 Å². The van der Waals surface area contributed by atoms with Crippen molar-refractivity contribution in [2.24, 2.45) is 5.73 Å². The van der Waals surface area contributed by atoms with Crippen LogP contribution in [0.25, 0.3) is 0 Å². The van der Waals surface area contributed by atoms with E-state index in [4.69, 9.17) is 11.0 Å². The van der Waals surface area contributed by atoms with E-state index in [2.05, 4.69) is 0 Å². The Bertz CT molecular complexity index is 1020. The summed E-state index contributed by atoms with van der Waals surface area (Å²) in [4.78, 5) is 27.9. The topological polar surface area (TPSA) is 90.4 Å². The summed E-state index contributed by atoms with van der Waals surface area (Å²) in [6.07, 6.45) is -4.81. The summed E-state index contributed by atoms with van der Waals surface area (Å²) in [5.41, 5.74) is 3.44. The first kappa shape index (κ1) is 20.4. The summed E-state index contributed by atoms with van der Waals surface area (Å²) < 4.78 is 39.9. The van der Waals surface area contributed by atoms with E-state index in [1.54, 1.807) is 24.3 Å². The summed E-state index contributed by atoms with van der Waals surface area (Å²) in [7, 11) is 0. The van der Waals surface area contributed by atoms with Crippen LogP contribution in [0.15, 0.2) is 42.5 Å². The van der Waals surface area contributed by atoms with Crippen LogP contribution in [0.3, 0.4) is 0 Å². The van der Waals surface area contributed by atoms with Gasteiger partial charge in [-0.25, -0.2) is 9.69 Å². The number of urea groups is 1. The largest absolute Gasteiger partial charge is 0.417 e. The standard InChI is InChI=1S/C20H17F3N4O2/c1-19(2)17(28)26(15-8-5-13(11-25)16(9-15)20(21,22)23)18(29)27(19)14-6-3-12(10-24)4-7-14/h3-9H,10,24H2,1-2H3. The first-order valence-electron chi connectivity index (χ1n) is 8.61. The van der Waals surface area contributed by atoms with E-state index >= 15 is 0 Å². The van der Waals surface area contributed by atoms with Crippen LogP contribution in [0, 0.1) is 11.3 Å². The van der Waals surface area contributed by atoms with E-state index in [1.165, 1.54) is 24.8 Å². The van der Waals surface area contributed by atoms with Gasteiger partial charge in [0.25, 0.3) is 5.91 Å². The number of nitriles is 1. The normalized spacial score (nSPS) is 16.3. The highest BCUT2D eigenvalue weighted by atomic mass is 19.4. The van der Waals surface area contributed by atoms with Gasteiger partial charge in [-0.15, -0.1) is 0 Å². The molecule has 1 aliphatic rings. The van der Waals surface area contributed by atoms with E-state index < -0.39 is 34.8 Å². The fourth-order valence-corrected chi connectivity index (χ4v) is 3.24. The number of imide groups is 1. The fourth-order valence-electron chi connectivity index (χ4n) is 3.24. The van der Waals surface area contributed by atoms with Crippen LogP contribution in [-0.2, 0) is 17.5 Å². The average Bonchev–Trinajstić information content (AvgIpc) is 2.85. The van der Waals surface area contributed by atoms with Crippen molar-refractivity contribution in [2.45, 2.75) is 32.1 Å². The molecule has 0 aromatic heterocycles. The third kappa shape index (κ3) is 3.32. The van der Waals surface area contributed by atoms with E-state index in [1.807, 2.05) is 0 Å². The summed E-state index contributed by atoms with van der Waals surface area (Å²) >= 11 is 0. The van der Waals surface area contributed by atoms with Crippen LogP contribution in [0.5, 0.6) is 0 Å². The summed E-state index contributed by atoms with van der Waals surface area (Å²) in [5.74, 6) is -0.678. The molecule has 2 aromatic carbocycles. The van der Waals surface area contributed by atoms with E-state index in [0.717, 1.165) is 17.7 Å². The molecule has 1 saturated heterocycles. The summed E-state index contributed by atoms with van der Waals surface area (Å²) in [6.45, 7) is 3.32. The molecule has 0 radical (unpaired) electrons. The fraction of sp³-hybridized carbons (Fsp3) is 0.250. The predicted octanol–water partition coefficient (Wildman–Crippen LogP) is 3.79. The molecule has 0 aliphatic carbocycles. The molecule has 1 heterocycles. The Morgan fingerprint density at radius 2 is 1.66 bits per heavy atom. The van der Waals surface area contributed by atoms with Crippen molar-refractivity contribution in [3.05, 3.63) is 59.2 Å². The molecule has 0 atom stereocenters. The van der Waals surface area contributed by atoms with Crippen LogP contribution >= 0.6 is 0 Å². The molecule has 0 unspecified atom stereocenters. The zero-order valence-electron chi connectivity index (χ0n) is 15.6. The number of benzene rings is 2. The third-order valence-corrected chi connectivity index (χ3v) is 4.79. The number of nitrogens with zero attached hydrogens (tertiary/aromatic N) is 3. The quantitative estimate of drug-likeness (QED) is 0.791. The number of halogens is 3. The van der Waals surface area contributed by atoms with Gasteiger partial charge in [0.05, 0.1) is 22.9 Å². The lowest BCUT2D eigenvalue weighted by Crippen LogP contribution is -2.44. The van der Waals surface area contributed by atoms with E-state index in [9.17, 15) is 22.8 Å². The molecule has 29 heavy (non-hydrogen) atoms. The second-order valence-corrected chi connectivity index (χ2v) is 7.03. The van der Waals surface area contributed by atoms with Crippen LogP contribution in [0.2, 0.25) is 0 Å². The predicted molar refractivity (Wildman–Crippen MR) is 99.9 cm³/mol. The van der Waals surface area contributed by atoms with Gasteiger partial charge in [0.15, 0.2) is 0 Å². The minimum atomic E-state index is -4.81. The molecular formula is C20H17F3N4O2. The Morgan fingerprint density at radius 3 is 2.17 bits per heavy atom. The molecule has 0 saturated carbocycles. The molecule has 1 aliphatic heterocycles. The van der Waals surface area contributed by atoms with Crippen molar-refractivity contribution in [2.75, 3.05) is 9.80 Å². The summed E-state index contributed by atoms with van der Waals surface area (Å²) in [5, 5.41) is 8.94. The minimum absolute atomic E-state index is 0.250. The molecule has 3 rings (SSSR count). The number of carbonyl (C=O) groups is 2. The molecule has 0 spiro atoms. The first-order chi connectivity index (χ1) is 13.5. The van der Waals surface area contributed by atoms with Gasteiger partial charge in [-0.05, 0) is 49.7 Å². The average molecular weight is 402 g/mol. The van der Waals surface area contributed by atoms with Crippen molar-refractivity contribution >= 4 is 23.3 Å². The highest BCUT2D eigenvalue weighted by Crippen LogP contribution is 2.39. The van der Waals surface area contributed by atoms with Gasteiger partial charge in [-0.3, -0.25) is 9.69 Å². The number of carbonyl (C=O) groups excluding carboxylic acids is 2. The van der Waals surface area contributed by atoms with Gasteiger partial charge in [0.1, 0.15) is 5.54 Å². The van der Waals surface area contributed by atoms with Crippen molar-refractivity contribution < 1.29 is 22.8 Å². The maximum atomic E-state index is 13.3. The number of amides is 3. The second-order valence-electron chi connectivity index (χ2n) is 7.03. The third-order valence-electron chi connectivity index (χ3n) is 4.79. The molecule has 6 nitrogen and oxygen atoms in total. The molecule has 9 heteroatoms. The Morgan fingerprint density at radius 1 is 1.07 bits per heavy atom. The molecular weight excluding hydrogens is 385 g/mol. The number of alkyl halides is 3. The van der Waals surface area contributed by atoms with Crippen LogP contribution < -0.4 is 15.5 Å². The molecule has 1 fully saturated rings. The van der Waals surface area contributed by atoms with Crippen molar-refractivity contribution in [3.8, 4) is 6.07 Å². The van der Waals surface area contributed by atoms with Gasteiger partial charge in [0, 0.05) is 12.2 Å². The SMILES string of the molecule is CC1(C)C(=O)N(c2ccc(C#N)c(C(F)(F)F)c2)C(=O)N1c1ccc(CN)cc1. The van der Waals surface area contributed by atoms with Gasteiger partial charge < -0.3 is 5.73 Å². The maximum absolute atomic E-state index is 13.3. The van der Waals surface area contributed by atoms with Gasteiger partial charge in [-0.1, -0.05) is 12.1 Å². The molecule has 150 valence electrons. The number of rotatable bonds is 3. The summed E-state index contributed by atoms with van der Waals surface area (Å²) in [6, 6.07) is 10.1. The van der Waals surface area contributed by atoms with E-state index in [-0.39, 0.29) is 5.69 Å². The Hall–Kier alpha value is -3.38. The van der Waals surface area contributed by atoms with Crippen LogP contribution in [0.4, 0.5) is 29.3 Å². The van der Waals surface area contributed by atoms with Crippen LogP contribution in [-0.4, -0.2) is 17.5 Å². The second kappa shape index (κ2) is 6.90. The maximum Gasteiger partial charge on any atom is 0.417 e. The molecule has 3 amide bonds. The zero-order valence-corrected chi connectivity index (χ0v) is 15.6. The minimum Gasteiger partial charge on any atom is -0.326 e. The zero-order chi connectivity index (χ0) is 21.6. The highest BCUT2D eigenvalue weighted by molar-refractivity contribution is 6.30. The number of hydrogen-bond donors (Lipinski definition) is 1. The van der Waals surface area contributed by atoms with Gasteiger partial charge in [0.2, 0.25) is 0 Å². The highest BCUT2D eigenvalue weighted by Gasteiger charge is 2.53. The molecule has 2 N–H and O–H groups in total. The molecule has 0 bridgehead atoms. The lowest BCUT2D eigenvalue weighted by molar-refractivity contribution is -0.137. The Balaban J connectivity index is 2.09. The number of anilines is 2. The monoisotopic (exact) mass is 402 g/mol. The van der Waals surface area contributed by atoms with Crippen molar-refractivity contribution in [1.29, 1.82) is 5.26 Å². The van der Waals surface area contributed by atoms with Gasteiger partial charge in [-0.2, -0.15) is 18.4 Å². The Labute approximate surface area is 164 Å². The van der Waals surface area contributed by atoms with Crippen LogP contribution in [0.1, 0.15) is 30.5 Å². The lowest BCUT2D eigenvalue weighted by Gasteiger charge is -2.27. The first-order valence-corrected chi connectivity index (χ1v) is 8.61. The number of hydrogen-bond acceptors (Lipinski definition) is 4.